The summed E-state index contributed by atoms with van der Waals surface area (Å²) in [5.74, 6) is 1.52. The number of ether oxygens (including phenoxy) is 1. The SMILES string of the molecule is CN=C(NCCNC(=O)c1ccc(OC)cc1)N1CC(C)(C)C1(C)C. The van der Waals surface area contributed by atoms with Gasteiger partial charge in [-0.2, -0.15) is 0 Å². The van der Waals surface area contributed by atoms with Crippen LogP contribution in [0.2, 0.25) is 0 Å². The van der Waals surface area contributed by atoms with Crippen molar-refractivity contribution in [2.24, 2.45) is 10.4 Å². The molecular formula is C19H30N4O2. The molecule has 138 valence electrons. The number of aliphatic imine (C=N–C) groups is 1. The molecule has 0 aliphatic carbocycles. The third-order valence-electron chi connectivity index (χ3n) is 5.40. The Kier molecular flexibility index (Phi) is 5.60. The molecule has 0 radical (unpaired) electrons. The van der Waals surface area contributed by atoms with Gasteiger partial charge >= 0.3 is 0 Å². The molecule has 25 heavy (non-hydrogen) atoms. The van der Waals surface area contributed by atoms with Gasteiger partial charge in [0.1, 0.15) is 5.75 Å². The second-order valence-electron chi connectivity index (χ2n) is 7.49. The quantitative estimate of drug-likeness (QED) is 0.487. The van der Waals surface area contributed by atoms with Crippen LogP contribution in [-0.2, 0) is 0 Å². The third kappa shape index (κ3) is 3.89. The topological polar surface area (TPSA) is 66.0 Å². The monoisotopic (exact) mass is 346 g/mol. The number of likely N-dealkylation sites (tertiary alicyclic amines) is 1. The smallest absolute Gasteiger partial charge is 0.251 e. The second-order valence-corrected chi connectivity index (χ2v) is 7.49. The van der Waals surface area contributed by atoms with Crippen LogP contribution in [0.4, 0.5) is 0 Å². The van der Waals surface area contributed by atoms with Gasteiger partial charge in [-0.3, -0.25) is 9.79 Å². The number of nitrogens with zero attached hydrogens (tertiary/aromatic N) is 2. The molecule has 1 fully saturated rings. The van der Waals surface area contributed by atoms with Crippen LogP contribution in [-0.4, -0.2) is 56.1 Å². The summed E-state index contributed by atoms with van der Waals surface area (Å²) in [5, 5.41) is 6.24. The van der Waals surface area contributed by atoms with Gasteiger partial charge in [0, 0.05) is 43.2 Å². The maximum atomic E-state index is 12.1. The first kappa shape index (κ1) is 19.1. The maximum Gasteiger partial charge on any atom is 0.251 e. The van der Waals surface area contributed by atoms with Gasteiger partial charge in [0.05, 0.1) is 7.11 Å². The lowest BCUT2D eigenvalue weighted by Gasteiger charge is -2.62. The Morgan fingerprint density at radius 1 is 1.16 bits per heavy atom. The number of hydrogen-bond acceptors (Lipinski definition) is 3. The van der Waals surface area contributed by atoms with Gasteiger partial charge < -0.3 is 20.3 Å². The normalized spacial score (nSPS) is 18.3. The fourth-order valence-electron chi connectivity index (χ4n) is 2.89. The van der Waals surface area contributed by atoms with Crippen LogP contribution < -0.4 is 15.4 Å². The van der Waals surface area contributed by atoms with Gasteiger partial charge in [-0.25, -0.2) is 0 Å². The minimum atomic E-state index is -0.0927. The third-order valence-corrected chi connectivity index (χ3v) is 5.40. The van der Waals surface area contributed by atoms with Crippen LogP contribution in [0.3, 0.4) is 0 Å². The van der Waals surface area contributed by atoms with Gasteiger partial charge in [-0.15, -0.1) is 0 Å². The Morgan fingerprint density at radius 3 is 2.24 bits per heavy atom. The zero-order valence-electron chi connectivity index (χ0n) is 16.1. The van der Waals surface area contributed by atoms with Crippen LogP contribution in [0.25, 0.3) is 0 Å². The summed E-state index contributed by atoms with van der Waals surface area (Å²) in [6.07, 6.45) is 0. The van der Waals surface area contributed by atoms with Crippen molar-refractivity contribution < 1.29 is 9.53 Å². The van der Waals surface area contributed by atoms with E-state index >= 15 is 0 Å². The zero-order chi connectivity index (χ0) is 18.7. The van der Waals surface area contributed by atoms with Gasteiger partial charge in [0.15, 0.2) is 5.96 Å². The van der Waals surface area contributed by atoms with Gasteiger partial charge in [0.25, 0.3) is 5.91 Å². The highest BCUT2D eigenvalue weighted by Gasteiger charge is 2.53. The Bertz CT molecular complexity index is 635. The molecular weight excluding hydrogens is 316 g/mol. The average Bonchev–Trinajstić information content (AvgIpc) is 2.60. The van der Waals surface area contributed by atoms with E-state index in [9.17, 15) is 4.79 Å². The summed E-state index contributed by atoms with van der Waals surface area (Å²) in [6.45, 7) is 11.1. The van der Waals surface area contributed by atoms with Crippen molar-refractivity contribution in [3.63, 3.8) is 0 Å². The standard InChI is InChI=1S/C19H30N4O2/c1-18(2)13-23(19(18,3)4)17(20-5)22-12-11-21-16(24)14-7-9-15(25-6)10-8-14/h7-10H,11-13H2,1-6H3,(H,20,22)(H,21,24). The molecule has 6 heteroatoms. The van der Waals surface area contributed by atoms with Crippen LogP contribution in [0.5, 0.6) is 5.75 Å². The lowest BCUT2D eigenvalue weighted by atomic mass is 9.65. The van der Waals surface area contributed by atoms with E-state index in [4.69, 9.17) is 4.74 Å². The minimum absolute atomic E-state index is 0.0567. The van der Waals surface area contributed by atoms with E-state index in [0.717, 1.165) is 18.3 Å². The number of carbonyl (C=O) groups is 1. The number of rotatable bonds is 5. The largest absolute Gasteiger partial charge is 0.497 e. The molecule has 1 aliphatic heterocycles. The fraction of sp³-hybridized carbons (Fsp3) is 0.579. The van der Waals surface area contributed by atoms with Crippen LogP contribution in [0, 0.1) is 5.41 Å². The lowest BCUT2D eigenvalue weighted by Crippen LogP contribution is -2.72. The van der Waals surface area contributed by atoms with E-state index in [1.807, 2.05) is 0 Å². The maximum absolute atomic E-state index is 12.1. The first-order valence-electron chi connectivity index (χ1n) is 8.63. The zero-order valence-corrected chi connectivity index (χ0v) is 16.1. The molecule has 0 bridgehead atoms. The molecule has 2 N–H and O–H groups in total. The van der Waals surface area contributed by atoms with Gasteiger partial charge in [0.2, 0.25) is 0 Å². The van der Waals surface area contributed by atoms with Gasteiger partial charge in [-0.05, 0) is 38.1 Å². The van der Waals surface area contributed by atoms with Crippen molar-refractivity contribution in [1.29, 1.82) is 0 Å². The van der Waals surface area contributed by atoms with Gasteiger partial charge in [-0.1, -0.05) is 13.8 Å². The van der Waals surface area contributed by atoms with Crippen molar-refractivity contribution in [2.45, 2.75) is 33.2 Å². The van der Waals surface area contributed by atoms with Crippen molar-refractivity contribution >= 4 is 11.9 Å². The Hall–Kier alpha value is -2.24. The summed E-state index contributed by atoms with van der Waals surface area (Å²) in [5.41, 5.74) is 0.935. The molecule has 0 aromatic heterocycles. The van der Waals surface area contributed by atoms with Crippen LogP contribution >= 0.6 is 0 Å². The summed E-state index contributed by atoms with van der Waals surface area (Å²) in [7, 11) is 3.40. The van der Waals surface area contributed by atoms with Crippen LogP contribution in [0.1, 0.15) is 38.1 Å². The molecule has 1 heterocycles. The molecule has 1 aromatic rings. The Morgan fingerprint density at radius 2 is 1.76 bits per heavy atom. The first-order chi connectivity index (χ1) is 11.7. The number of methoxy groups -OCH3 is 1. The highest BCUT2D eigenvalue weighted by Crippen LogP contribution is 2.46. The van der Waals surface area contributed by atoms with E-state index < -0.39 is 0 Å². The number of hydrogen-bond donors (Lipinski definition) is 2. The summed E-state index contributed by atoms with van der Waals surface area (Å²) >= 11 is 0. The lowest BCUT2D eigenvalue weighted by molar-refractivity contribution is -0.0666. The van der Waals surface area contributed by atoms with Crippen LogP contribution in [0.15, 0.2) is 29.3 Å². The summed E-state index contributed by atoms with van der Waals surface area (Å²) < 4.78 is 5.10. The highest BCUT2D eigenvalue weighted by molar-refractivity contribution is 5.94. The molecule has 0 saturated carbocycles. The summed E-state index contributed by atoms with van der Waals surface area (Å²) in [6, 6.07) is 7.07. The average molecular weight is 346 g/mol. The number of nitrogens with one attached hydrogen (secondary N) is 2. The van der Waals surface area contributed by atoms with Crippen molar-refractivity contribution in [3.05, 3.63) is 29.8 Å². The molecule has 6 nitrogen and oxygen atoms in total. The number of benzene rings is 1. The van der Waals surface area contributed by atoms with E-state index in [1.54, 1.807) is 38.4 Å². The Balaban J connectivity index is 1.79. The Labute approximate surface area is 150 Å². The van der Waals surface area contributed by atoms with E-state index in [-0.39, 0.29) is 16.9 Å². The number of guanidine groups is 1. The molecule has 0 spiro atoms. The molecule has 0 unspecified atom stereocenters. The molecule has 1 amide bonds. The number of carbonyl (C=O) groups excluding carboxylic acids is 1. The van der Waals surface area contributed by atoms with E-state index in [1.165, 1.54) is 0 Å². The second kappa shape index (κ2) is 7.33. The van der Waals surface area contributed by atoms with Crippen molar-refractivity contribution in [3.8, 4) is 5.75 Å². The number of amides is 1. The fourth-order valence-corrected chi connectivity index (χ4v) is 2.89. The van der Waals surface area contributed by atoms with E-state index in [2.05, 4.69) is 48.2 Å². The molecule has 1 saturated heterocycles. The highest BCUT2D eigenvalue weighted by atomic mass is 16.5. The predicted molar refractivity (Wildman–Crippen MR) is 101 cm³/mol. The predicted octanol–water partition coefficient (Wildman–Crippen LogP) is 2.12. The van der Waals surface area contributed by atoms with Crippen molar-refractivity contribution in [2.75, 3.05) is 33.8 Å². The van der Waals surface area contributed by atoms with E-state index in [0.29, 0.717) is 18.7 Å². The molecule has 0 atom stereocenters. The molecule has 1 aromatic carbocycles. The van der Waals surface area contributed by atoms with Crippen molar-refractivity contribution in [1.82, 2.24) is 15.5 Å². The minimum Gasteiger partial charge on any atom is -0.497 e. The summed E-state index contributed by atoms with van der Waals surface area (Å²) in [4.78, 5) is 18.8. The first-order valence-corrected chi connectivity index (χ1v) is 8.63. The molecule has 1 aliphatic rings. The molecule has 2 rings (SSSR count).